The van der Waals surface area contributed by atoms with E-state index in [2.05, 4.69) is 5.32 Å². The van der Waals surface area contributed by atoms with Gasteiger partial charge in [-0.3, -0.25) is 0 Å². The van der Waals surface area contributed by atoms with Crippen LogP contribution in [0.5, 0.6) is 0 Å². The number of amides is 2. The lowest BCUT2D eigenvalue weighted by Crippen LogP contribution is -2.45. The van der Waals surface area contributed by atoms with E-state index >= 15 is 0 Å². The third kappa shape index (κ3) is 10.4. The first-order valence-electron chi connectivity index (χ1n) is 9.47. The quantitative estimate of drug-likeness (QED) is 0.286. The summed E-state index contributed by atoms with van der Waals surface area (Å²) in [5.41, 5.74) is -5.52. The number of carbonyl (C=O) groups excluding carboxylic acids is 1. The number of nitrogens with one attached hydrogen (secondary N) is 2. The molecule has 2 aliphatic heterocycles. The van der Waals surface area contributed by atoms with Crippen LogP contribution in [0.4, 0.5) is 18.0 Å². The predicted molar refractivity (Wildman–Crippen MR) is 94.6 cm³/mol. The zero-order valence-electron chi connectivity index (χ0n) is 15.9. The summed E-state index contributed by atoms with van der Waals surface area (Å²) in [6.07, 6.45) is 4.02. The Hall–Kier alpha value is -1.15. The molecule has 29 heavy (non-hydrogen) atoms. The summed E-state index contributed by atoms with van der Waals surface area (Å²) < 4.78 is 80.5. The van der Waals surface area contributed by atoms with Gasteiger partial charge in [0.2, 0.25) is 0 Å². The summed E-state index contributed by atoms with van der Waals surface area (Å²) in [6.45, 7) is 3.08. The van der Waals surface area contributed by atoms with Crippen LogP contribution in [0.15, 0.2) is 0 Å². The number of rotatable bonds is 15. The fraction of sp³-hybridized carbons (Fsp3) is 0.938. The zero-order chi connectivity index (χ0) is 21.3. The molecule has 0 bridgehead atoms. The monoisotopic (exact) mass is 448 g/mol. The highest BCUT2D eigenvalue weighted by Gasteiger charge is 2.47. The predicted octanol–water partition coefficient (Wildman–Crippen LogP) is 1.29. The zero-order valence-corrected chi connectivity index (χ0v) is 16.7. The molecule has 2 heterocycles. The summed E-state index contributed by atoms with van der Waals surface area (Å²) >= 11 is 0. The number of ether oxygens (including phenoxy) is 4. The molecule has 0 aliphatic carbocycles. The number of hydrogen-bond acceptors (Lipinski definition) is 7. The molecule has 3 atom stereocenters. The van der Waals surface area contributed by atoms with E-state index in [-0.39, 0.29) is 24.9 Å². The lowest BCUT2D eigenvalue weighted by atomic mass is 10.1. The maximum atomic E-state index is 12.1. The first kappa shape index (κ1) is 24.1. The third-order valence-electron chi connectivity index (χ3n) is 4.20. The fourth-order valence-electron chi connectivity index (χ4n) is 2.39. The molecule has 2 rings (SSSR count). The Bertz CT molecular complexity index is 610. The van der Waals surface area contributed by atoms with Crippen LogP contribution in [0.25, 0.3) is 0 Å². The second-order valence-corrected chi connectivity index (χ2v) is 8.59. The number of alkyl halides is 3. The van der Waals surface area contributed by atoms with Crippen LogP contribution >= 0.6 is 0 Å². The van der Waals surface area contributed by atoms with Crippen LogP contribution in [0, 0.1) is 0 Å². The largest absolute Gasteiger partial charge is 0.516 e. The Morgan fingerprint density at radius 3 is 2.31 bits per heavy atom. The van der Waals surface area contributed by atoms with Crippen molar-refractivity contribution in [2.75, 3.05) is 39.6 Å². The third-order valence-corrected chi connectivity index (χ3v) is 5.26. The molecule has 0 aromatic rings. The van der Waals surface area contributed by atoms with Crippen molar-refractivity contribution in [3.05, 3.63) is 0 Å². The van der Waals surface area contributed by atoms with Crippen molar-refractivity contribution < 1.29 is 45.3 Å². The maximum Gasteiger partial charge on any atom is 0.516 e. The minimum atomic E-state index is -5.68. The van der Waals surface area contributed by atoms with E-state index in [0.717, 1.165) is 37.0 Å². The number of urea groups is 1. The molecule has 2 aliphatic rings. The molecule has 3 unspecified atom stereocenters. The number of halogens is 3. The molecule has 0 saturated carbocycles. The molecule has 9 nitrogen and oxygen atoms in total. The van der Waals surface area contributed by atoms with Gasteiger partial charge in [-0.15, -0.1) is 0 Å². The minimum Gasteiger partial charge on any atom is -0.376 e. The van der Waals surface area contributed by atoms with Gasteiger partial charge in [-0.1, -0.05) is 19.3 Å². The van der Waals surface area contributed by atoms with Crippen molar-refractivity contribution in [3.8, 4) is 0 Å². The number of hydrogen-bond donors (Lipinski definition) is 2. The molecule has 13 heteroatoms. The molecule has 0 radical (unpaired) electrons. The standard InChI is InChI=1S/C16H27F3N2O7S/c17-16(18,19)29(23,24)21-15(22)20-6-4-2-1-3-5-12(26-10-14-11-28-14)7-25-8-13-9-27-13/h12-14H,1-11H2,(H2,20,21,22). The lowest BCUT2D eigenvalue weighted by Gasteiger charge is -2.17. The first-order valence-corrected chi connectivity index (χ1v) is 10.9. The van der Waals surface area contributed by atoms with Gasteiger partial charge in [-0.2, -0.15) is 21.6 Å². The molecule has 2 fully saturated rings. The number of carbonyl (C=O) groups is 1. The van der Waals surface area contributed by atoms with Crippen LogP contribution in [0.3, 0.4) is 0 Å². The lowest BCUT2D eigenvalue weighted by molar-refractivity contribution is -0.0444. The van der Waals surface area contributed by atoms with E-state index in [0.29, 0.717) is 32.8 Å². The Kier molecular flexibility index (Phi) is 9.40. The average Bonchev–Trinajstić information content (AvgIpc) is 3.51. The number of epoxide rings is 2. The van der Waals surface area contributed by atoms with E-state index in [9.17, 15) is 26.4 Å². The summed E-state index contributed by atoms with van der Waals surface area (Å²) in [7, 11) is -5.68. The van der Waals surface area contributed by atoms with Gasteiger partial charge in [0.25, 0.3) is 0 Å². The molecular formula is C16H27F3N2O7S. The van der Waals surface area contributed by atoms with E-state index in [1.807, 2.05) is 0 Å². The van der Waals surface area contributed by atoms with Gasteiger partial charge in [0, 0.05) is 6.54 Å². The molecule has 170 valence electrons. The van der Waals surface area contributed by atoms with Gasteiger partial charge in [-0.25, -0.2) is 9.52 Å². The first-order chi connectivity index (χ1) is 13.7. The smallest absolute Gasteiger partial charge is 0.376 e. The van der Waals surface area contributed by atoms with Crippen molar-refractivity contribution in [1.82, 2.24) is 10.0 Å². The van der Waals surface area contributed by atoms with Crippen molar-refractivity contribution in [2.45, 2.75) is 55.9 Å². The molecule has 2 N–H and O–H groups in total. The van der Waals surface area contributed by atoms with Crippen LogP contribution in [-0.4, -0.2) is 77.8 Å². The SMILES string of the molecule is O=C(NCCCCCCC(COCC1CO1)OCC1CO1)NS(=O)(=O)C(F)(F)F. The summed E-state index contributed by atoms with van der Waals surface area (Å²) in [5, 5.41) is 2.09. The number of unbranched alkanes of at least 4 members (excludes halogenated alkanes) is 3. The Labute approximate surface area is 167 Å². The highest BCUT2D eigenvalue weighted by Crippen LogP contribution is 2.21. The van der Waals surface area contributed by atoms with Crippen molar-refractivity contribution in [3.63, 3.8) is 0 Å². The summed E-state index contributed by atoms with van der Waals surface area (Å²) in [4.78, 5) is 11.2. The van der Waals surface area contributed by atoms with Crippen LogP contribution in [0.1, 0.15) is 32.1 Å². The molecule has 2 saturated heterocycles. The molecule has 0 aromatic carbocycles. The van der Waals surface area contributed by atoms with Crippen LogP contribution in [-0.2, 0) is 29.0 Å². The van der Waals surface area contributed by atoms with E-state index in [1.54, 1.807) is 0 Å². The van der Waals surface area contributed by atoms with Gasteiger partial charge in [-0.05, 0) is 12.8 Å². The Balaban J connectivity index is 1.50. The molecular weight excluding hydrogens is 421 g/mol. The van der Waals surface area contributed by atoms with Gasteiger partial charge < -0.3 is 24.3 Å². The summed E-state index contributed by atoms with van der Waals surface area (Å²) in [5.74, 6) is 0. The van der Waals surface area contributed by atoms with Gasteiger partial charge in [0.05, 0.1) is 39.1 Å². The fourth-order valence-corrected chi connectivity index (χ4v) is 2.82. The van der Waals surface area contributed by atoms with E-state index < -0.39 is 21.6 Å². The van der Waals surface area contributed by atoms with Crippen molar-refractivity contribution in [2.24, 2.45) is 0 Å². The van der Waals surface area contributed by atoms with Gasteiger partial charge in [0.1, 0.15) is 12.2 Å². The molecule has 2 amide bonds. The van der Waals surface area contributed by atoms with Crippen LogP contribution in [0.2, 0.25) is 0 Å². The number of sulfonamides is 1. The second-order valence-electron chi connectivity index (χ2n) is 6.91. The minimum absolute atomic E-state index is 0.0468. The highest BCUT2D eigenvalue weighted by atomic mass is 32.2. The van der Waals surface area contributed by atoms with Crippen molar-refractivity contribution in [1.29, 1.82) is 0 Å². The second kappa shape index (κ2) is 11.3. The summed E-state index contributed by atoms with van der Waals surface area (Å²) in [6, 6.07) is -1.39. The topological polar surface area (TPSA) is 119 Å². The Morgan fingerprint density at radius 2 is 1.69 bits per heavy atom. The van der Waals surface area contributed by atoms with E-state index in [4.69, 9.17) is 18.9 Å². The van der Waals surface area contributed by atoms with Gasteiger partial charge >= 0.3 is 21.6 Å². The highest BCUT2D eigenvalue weighted by molar-refractivity contribution is 7.90. The average molecular weight is 448 g/mol. The normalized spacial score (nSPS) is 22.2. The van der Waals surface area contributed by atoms with Crippen molar-refractivity contribution >= 4 is 16.1 Å². The Morgan fingerprint density at radius 1 is 1.07 bits per heavy atom. The maximum absolute atomic E-state index is 12.1. The molecule has 0 aromatic heterocycles. The van der Waals surface area contributed by atoms with Gasteiger partial charge in [0.15, 0.2) is 0 Å². The van der Waals surface area contributed by atoms with Crippen LogP contribution < -0.4 is 10.0 Å². The molecule has 0 spiro atoms. The van der Waals surface area contributed by atoms with E-state index in [1.165, 1.54) is 0 Å².